The molecule has 2 aromatic rings. The van der Waals surface area contributed by atoms with Crippen molar-refractivity contribution in [3.63, 3.8) is 0 Å². The summed E-state index contributed by atoms with van der Waals surface area (Å²) in [5, 5.41) is 1.86. The number of amides is 1. The van der Waals surface area contributed by atoms with Crippen LogP contribution in [0.2, 0.25) is 0 Å². The number of thiophene rings is 1. The lowest BCUT2D eigenvalue weighted by atomic mass is 9.89. The number of carbonyl (C=O) groups is 2. The van der Waals surface area contributed by atoms with E-state index in [1.165, 1.54) is 17.4 Å². The summed E-state index contributed by atoms with van der Waals surface area (Å²) in [4.78, 5) is 28.3. The van der Waals surface area contributed by atoms with Gasteiger partial charge in [0.2, 0.25) is 0 Å². The Labute approximate surface area is 156 Å². The molecule has 2 aliphatic rings. The van der Waals surface area contributed by atoms with E-state index in [1.807, 2.05) is 44.4 Å². The van der Waals surface area contributed by atoms with Crippen LogP contribution in [-0.2, 0) is 4.79 Å². The number of hydrogen-bond acceptors (Lipinski definition) is 4. The Kier molecular flexibility index (Phi) is 3.66. The van der Waals surface area contributed by atoms with E-state index < -0.39 is 5.54 Å². The number of carbonyl (C=O) groups excluding carboxylic acids is 2. The maximum absolute atomic E-state index is 13.2. The second-order valence-corrected chi connectivity index (χ2v) is 8.04. The highest BCUT2D eigenvalue weighted by atomic mass is 32.1. The lowest BCUT2D eigenvalue weighted by Gasteiger charge is -2.38. The molecule has 0 fully saturated rings. The van der Waals surface area contributed by atoms with Crippen LogP contribution >= 0.6 is 11.3 Å². The maximum atomic E-state index is 13.2. The molecule has 26 heavy (non-hydrogen) atoms. The van der Waals surface area contributed by atoms with Crippen molar-refractivity contribution in [2.24, 2.45) is 0 Å². The third-order valence-electron chi connectivity index (χ3n) is 4.88. The average molecular weight is 365 g/mol. The predicted molar refractivity (Wildman–Crippen MR) is 105 cm³/mol. The van der Waals surface area contributed by atoms with Gasteiger partial charge < -0.3 is 4.74 Å². The van der Waals surface area contributed by atoms with Gasteiger partial charge in [0.15, 0.2) is 5.78 Å². The highest BCUT2D eigenvalue weighted by Crippen LogP contribution is 2.50. The molecule has 0 radical (unpaired) electrons. The molecule has 132 valence electrons. The molecule has 2 aliphatic heterocycles. The summed E-state index contributed by atoms with van der Waals surface area (Å²) >= 11 is 1.37. The number of methoxy groups -OCH3 is 1. The van der Waals surface area contributed by atoms with Crippen LogP contribution in [0.3, 0.4) is 0 Å². The highest BCUT2D eigenvalue weighted by Gasteiger charge is 2.44. The smallest absolute Gasteiger partial charge is 0.259 e. The van der Waals surface area contributed by atoms with E-state index in [4.69, 9.17) is 4.74 Å². The molecule has 0 N–H and O–H groups in total. The lowest BCUT2D eigenvalue weighted by molar-refractivity contribution is -0.113. The summed E-state index contributed by atoms with van der Waals surface area (Å²) in [5.41, 5.74) is 3.66. The summed E-state index contributed by atoms with van der Waals surface area (Å²) in [5.74, 6) is 0.380. The van der Waals surface area contributed by atoms with Crippen LogP contribution in [0.4, 0.5) is 5.69 Å². The fraction of sp³-hybridized carbons (Fsp3) is 0.238. The van der Waals surface area contributed by atoms with Crippen LogP contribution in [0.25, 0.3) is 11.1 Å². The standard InChI is InChI=1S/C21H19NO3S/c1-12-11-21(2,3)22-19-14(12)8-13(25-4)9-15(19)16(20(22)24)10-17(23)18-6-5-7-26-18/h5-11H,1-4H3. The Hall–Kier alpha value is -2.66. The molecule has 0 saturated heterocycles. The average Bonchev–Trinajstić information content (AvgIpc) is 3.20. The molecule has 1 amide bonds. The zero-order chi connectivity index (χ0) is 18.6. The second kappa shape index (κ2) is 5.68. The van der Waals surface area contributed by atoms with Gasteiger partial charge in [0, 0.05) is 17.2 Å². The number of rotatable bonds is 3. The summed E-state index contributed by atoms with van der Waals surface area (Å²) in [6.07, 6.45) is 3.55. The third kappa shape index (κ3) is 2.35. The molecule has 1 aromatic heterocycles. The molecule has 0 saturated carbocycles. The molecule has 0 atom stereocenters. The van der Waals surface area contributed by atoms with E-state index in [-0.39, 0.29) is 11.7 Å². The van der Waals surface area contributed by atoms with Gasteiger partial charge in [0.1, 0.15) is 5.75 Å². The number of allylic oxidation sites excluding steroid dienone is 2. The van der Waals surface area contributed by atoms with Crippen LogP contribution in [-0.4, -0.2) is 24.3 Å². The van der Waals surface area contributed by atoms with E-state index >= 15 is 0 Å². The molecular weight excluding hydrogens is 346 g/mol. The van der Waals surface area contributed by atoms with Crippen molar-refractivity contribution >= 4 is 39.9 Å². The first-order chi connectivity index (χ1) is 12.3. The number of hydrogen-bond donors (Lipinski definition) is 0. The molecule has 0 bridgehead atoms. The number of anilines is 1. The Bertz CT molecular complexity index is 997. The number of ketones is 1. The van der Waals surface area contributed by atoms with Gasteiger partial charge in [-0.3, -0.25) is 14.5 Å². The van der Waals surface area contributed by atoms with Crippen LogP contribution in [0.5, 0.6) is 5.75 Å². The van der Waals surface area contributed by atoms with Crippen molar-refractivity contribution in [2.45, 2.75) is 26.3 Å². The van der Waals surface area contributed by atoms with Gasteiger partial charge in [-0.25, -0.2) is 0 Å². The highest BCUT2D eigenvalue weighted by molar-refractivity contribution is 7.12. The topological polar surface area (TPSA) is 46.6 Å². The van der Waals surface area contributed by atoms with E-state index in [9.17, 15) is 9.59 Å². The van der Waals surface area contributed by atoms with Gasteiger partial charge in [-0.2, -0.15) is 0 Å². The van der Waals surface area contributed by atoms with Gasteiger partial charge >= 0.3 is 0 Å². The van der Waals surface area contributed by atoms with E-state index in [1.54, 1.807) is 18.1 Å². The SMILES string of the molecule is COc1cc2c3c(c1)C(=CC(=O)c1cccs1)C(=O)N3C(C)(C)C=C2C. The monoisotopic (exact) mass is 365 g/mol. The normalized spacial score (nSPS) is 18.8. The Morgan fingerprint density at radius 2 is 2.00 bits per heavy atom. The third-order valence-corrected chi connectivity index (χ3v) is 5.76. The minimum atomic E-state index is -0.459. The largest absolute Gasteiger partial charge is 0.497 e. The van der Waals surface area contributed by atoms with Gasteiger partial charge in [-0.15, -0.1) is 11.3 Å². The molecule has 5 heteroatoms. The fourth-order valence-electron chi connectivity index (χ4n) is 3.79. The van der Waals surface area contributed by atoms with Crippen molar-refractivity contribution in [2.75, 3.05) is 12.0 Å². The molecule has 4 rings (SSSR count). The van der Waals surface area contributed by atoms with Gasteiger partial charge in [0.25, 0.3) is 5.91 Å². The zero-order valence-corrected chi connectivity index (χ0v) is 15.9. The van der Waals surface area contributed by atoms with Crippen LogP contribution in [0.15, 0.2) is 41.8 Å². The van der Waals surface area contributed by atoms with Crippen molar-refractivity contribution < 1.29 is 14.3 Å². The van der Waals surface area contributed by atoms with Crippen molar-refractivity contribution in [3.8, 4) is 5.75 Å². The molecule has 3 heterocycles. The maximum Gasteiger partial charge on any atom is 0.259 e. The number of nitrogens with zero attached hydrogens (tertiary/aromatic N) is 1. The summed E-state index contributed by atoms with van der Waals surface area (Å²) in [6, 6.07) is 7.40. The first-order valence-corrected chi connectivity index (χ1v) is 9.28. The molecule has 0 unspecified atom stereocenters. The summed E-state index contributed by atoms with van der Waals surface area (Å²) in [7, 11) is 1.61. The number of benzene rings is 1. The Morgan fingerprint density at radius 3 is 2.65 bits per heavy atom. The molecule has 0 aliphatic carbocycles. The van der Waals surface area contributed by atoms with Crippen LogP contribution in [0.1, 0.15) is 41.6 Å². The summed E-state index contributed by atoms with van der Waals surface area (Å²) in [6.45, 7) is 6.06. The first-order valence-electron chi connectivity index (χ1n) is 8.40. The summed E-state index contributed by atoms with van der Waals surface area (Å²) < 4.78 is 5.44. The Balaban J connectivity index is 1.95. The van der Waals surface area contributed by atoms with Gasteiger partial charge in [-0.1, -0.05) is 12.1 Å². The number of ether oxygens (including phenoxy) is 1. The molecular formula is C21H19NO3S. The zero-order valence-electron chi connectivity index (χ0n) is 15.1. The van der Waals surface area contributed by atoms with Crippen molar-refractivity contribution in [3.05, 3.63) is 57.8 Å². The minimum absolute atomic E-state index is 0.145. The predicted octanol–water partition coefficient (Wildman–Crippen LogP) is 4.57. The molecule has 4 nitrogen and oxygen atoms in total. The van der Waals surface area contributed by atoms with Crippen molar-refractivity contribution in [1.29, 1.82) is 0 Å². The fourth-order valence-corrected chi connectivity index (χ4v) is 4.43. The lowest BCUT2D eigenvalue weighted by Crippen LogP contribution is -2.46. The first kappa shape index (κ1) is 16.8. The molecule has 0 spiro atoms. The van der Waals surface area contributed by atoms with E-state index in [0.717, 1.165) is 22.4 Å². The van der Waals surface area contributed by atoms with Crippen LogP contribution in [0, 0.1) is 0 Å². The van der Waals surface area contributed by atoms with Gasteiger partial charge in [-0.05, 0) is 49.9 Å². The Morgan fingerprint density at radius 1 is 1.27 bits per heavy atom. The molecule has 1 aromatic carbocycles. The minimum Gasteiger partial charge on any atom is -0.497 e. The quantitative estimate of drug-likeness (QED) is 0.591. The van der Waals surface area contributed by atoms with E-state index in [2.05, 4.69) is 6.08 Å². The van der Waals surface area contributed by atoms with Gasteiger partial charge in [0.05, 0.1) is 28.8 Å². The van der Waals surface area contributed by atoms with E-state index in [0.29, 0.717) is 16.2 Å². The second-order valence-electron chi connectivity index (χ2n) is 7.09. The van der Waals surface area contributed by atoms with Crippen LogP contribution < -0.4 is 9.64 Å². The van der Waals surface area contributed by atoms with Crippen molar-refractivity contribution in [1.82, 2.24) is 0 Å².